The van der Waals surface area contributed by atoms with Crippen molar-refractivity contribution in [1.29, 1.82) is 0 Å². The lowest BCUT2D eigenvalue weighted by molar-refractivity contribution is -0.121. The van der Waals surface area contributed by atoms with Gasteiger partial charge >= 0.3 is 0 Å². The number of hydrogen-bond acceptors (Lipinski definition) is 2. The van der Waals surface area contributed by atoms with Crippen molar-refractivity contribution < 1.29 is 4.79 Å². The van der Waals surface area contributed by atoms with Gasteiger partial charge in [0.2, 0.25) is 5.91 Å². The van der Waals surface area contributed by atoms with Gasteiger partial charge in [0, 0.05) is 12.5 Å². The van der Waals surface area contributed by atoms with E-state index in [1.54, 1.807) is 12.1 Å². The Morgan fingerprint density at radius 1 is 1.32 bits per heavy atom. The van der Waals surface area contributed by atoms with Crippen LogP contribution in [0.4, 0.5) is 0 Å². The van der Waals surface area contributed by atoms with Crippen molar-refractivity contribution in [3.8, 4) is 0 Å². The van der Waals surface area contributed by atoms with E-state index >= 15 is 0 Å². The molecule has 0 bridgehead atoms. The zero-order chi connectivity index (χ0) is 13.7. The first-order chi connectivity index (χ1) is 8.40. The van der Waals surface area contributed by atoms with E-state index in [2.05, 4.69) is 5.32 Å². The molecular formula is C13H19Cl3N2O. The Bertz CT molecular complexity index is 424. The monoisotopic (exact) mass is 324 g/mol. The van der Waals surface area contributed by atoms with Gasteiger partial charge in [0.25, 0.3) is 0 Å². The number of rotatable bonds is 5. The zero-order valence-corrected chi connectivity index (χ0v) is 13.3. The summed E-state index contributed by atoms with van der Waals surface area (Å²) in [4.78, 5) is 11.7. The minimum atomic E-state index is -0.0969. The molecule has 6 heteroatoms. The summed E-state index contributed by atoms with van der Waals surface area (Å²) in [5, 5.41) is 3.90. The summed E-state index contributed by atoms with van der Waals surface area (Å²) in [6.07, 6.45) is 1.11. The van der Waals surface area contributed by atoms with Crippen molar-refractivity contribution in [2.24, 2.45) is 5.73 Å². The van der Waals surface area contributed by atoms with Gasteiger partial charge < -0.3 is 11.1 Å². The maximum atomic E-state index is 11.7. The van der Waals surface area contributed by atoms with Gasteiger partial charge in [-0.15, -0.1) is 12.4 Å². The molecule has 0 aromatic heterocycles. The Balaban J connectivity index is 0.00000324. The van der Waals surface area contributed by atoms with Crippen LogP contribution in [0.25, 0.3) is 0 Å². The molecule has 2 atom stereocenters. The highest BCUT2D eigenvalue weighted by molar-refractivity contribution is 6.42. The van der Waals surface area contributed by atoms with Crippen molar-refractivity contribution in [1.82, 2.24) is 5.32 Å². The highest BCUT2D eigenvalue weighted by Gasteiger charge is 2.11. The van der Waals surface area contributed by atoms with Crippen molar-refractivity contribution in [2.75, 3.05) is 0 Å². The number of amides is 1. The van der Waals surface area contributed by atoms with Crippen LogP contribution in [0.1, 0.15) is 38.3 Å². The summed E-state index contributed by atoms with van der Waals surface area (Å²) >= 11 is 11.8. The van der Waals surface area contributed by atoms with Crippen LogP contribution in [0.5, 0.6) is 0 Å². The van der Waals surface area contributed by atoms with Gasteiger partial charge in [0.1, 0.15) is 0 Å². The molecule has 0 aliphatic rings. The van der Waals surface area contributed by atoms with E-state index in [0.29, 0.717) is 22.9 Å². The third-order valence-corrected chi connectivity index (χ3v) is 3.39. The van der Waals surface area contributed by atoms with Gasteiger partial charge in [0.05, 0.1) is 16.1 Å². The molecule has 3 nitrogen and oxygen atoms in total. The van der Waals surface area contributed by atoms with Crippen LogP contribution in [-0.2, 0) is 4.79 Å². The first-order valence-corrected chi connectivity index (χ1v) is 6.65. The second kappa shape index (κ2) is 8.64. The molecule has 1 aromatic rings. The van der Waals surface area contributed by atoms with Crippen molar-refractivity contribution in [2.45, 2.75) is 38.8 Å². The minimum absolute atomic E-state index is 0. The van der Waals surface area contributed by atoms with Crippen LogP contribution in [0.2, 0.25) is 10.0 Å². The normalized spacial score (nSPS) is 13.3. The van der Waals surface area contributed by atoms with Crippen LogP contribution in [0.15, 0.2) is 18.2 Å². The lowest BCUT2D eigenvalue weighted by Crippen LogP contribution is -2.28. The average Bonchev–Trinajstić information content (AvgIpc) is 2.30. The number of nitrogens with one attached hydrogen (secondary N) is 1. The molecule has 0 radical (unpaired) electrons. The SMILES string of the molecule is CC(N)CCC(=O)NC(C)c1ccc(Cl)c(Cl)c1.Cl. The number of carbonyl (C=O) groups is 1. The largest absolute Gasteiger partial charge is 0.350 e. The first kappa shape index (κ1) is 18.5. The molecule has 1 amide bonds. The number of halogens is 3. The van der Waals surface area contributed by atoms with Crippen molar-refractivity contribution in [3.63, 3.8) is 0 Å². The summed E-state index contributed by atoms with van der Waals surface area (Å²) in [6.45, 7) is 3.79. The standard InChI is InChI=1S/C13H18Cl2N2O.ClH/c1-8(16)3-6-13(18)17-9(2)10-4-5-11(14)12(15)7-10;/h4-5,7-9H,3,6,16H2,1-2H3,(H,17,18);1H. The van der Waals surface area contributed by atoms with E-state index in [9.17, 15) is 4.79 Å². The van der Waals surface area contributed by atoms with E-state index in [-0.39, 0.29) is 30.4 Å². The van der Waals surface area contributed by atoms with Crippen LogP contribution in [0, 0.1) is 0 Å². The Kier molecular flexibility index (Phi) is 8.42. The molecule has 3 N–H and O–H groups in total. The third-order valence-electron chi connectivity index (χ3n) is 2.65. The summed E-state index contributed by atoms with van der Waals surface area (Å²) in [5.74, 6) is -0.00845. The lowest BCUT2D eigenvalue weighted by atomic mass is 10.1. The number of nitrogens with two attached hydrogens (primary N) is 1. The number of carbonyl (C=O) groups excluding carboxylic acids is 1. The Morgan fingerprint density at radius 3 is 2.47 bits per heavy atom. The van der Waals surface area contributed by atoms with Gasteiger partial charge in [-0.25, -0.2) is 0 Å². The highest BCUT2D eigenvalue weighted by Crippen LogP contribution is 2.25. The number of benzene rings is 1. The van der Waals surface area contributed by atoms with Gasteiger partial charge in [-0.05, 0) is 38.0 Å². The van der Waals surface area contributed by atoms with E-state index in [1.165, 1.54) is 0 Å². The average molecular weight is 326 g/mol. The molecule has 1 rings (SSSR count). The highest BCUT2D eigenvalue weighted by atomic mass is 35.5. The quantitative estimate of drug-likeness (QED) is 0.867. The molecule has 108 valence electrons. The van der Waals surface area contributed by atoms with Gasteiger partial charge in [-0.1, -0.05) is 29.3 Å². The van der Waals surface area contributed by atoms with E-state index < -0.39 is 0 Å². The van der Waals surface area contributed by atoms with Crippen LogP contribution in [-0.4, -0.2) is 11.9 Å². The van der Waals surface area contributed by atoms with E-state index in [1.807, 2.05) is 19.9 Å². The molecule has 0 aliphatic carbocycles. The summed E-state index contributed by atoms with van der Waals surface area (Å²) in [6, 6.07) is 5.28. The van der Waals surface area contributed by atoms with Gasteiger partial charge in [0.15, 0.2) is 0 Å². The molecule has 0 saturated heterocycles. The summed E-state index contributed by atoms with van der Waals surface area (Å²) < 4.78 is 0. The third kappa shape index (κ3) is 6.48. The minimum Gasteiger partial charge on any atom is -0.350 e. The first-order valence-electron chi connectivity index (χ1n) is 5.90. The predicted molar refractivity (Wildman–Crippen MR) is 83.2 cm³/mol. The van der Waals surface area contributed by atoms with Gasteiger partial charge in [-0.2, -0.15) is 0 Å². The molecule has 0 saturated carbocycles. The van der Waals surface area contributed by atoms with Gasteiger partial charge in [-0.3, -0.25) is 4.79 Å². The fourth-order valence-electron chi connectivity index (χ4n) is 1.54. The second-order valence-corrected chi connectivity index (χ2v) is 5.29. The molecule has 0 spiro atoms. The van der Waals surface area contributed by atoms with Crippen molar-refractivity contribution >= 4 is 41.5 Å². The fraction of sp³-hybridized carbons (Fsp3) is 0.462. The topological polar surface area (TPSA) is 55.1 Å². The molecule has 0 aliphatic heterocycles. The van der Waals surface area contributed by atoms with E-state index in [4.69, 9.17) is 28.9 Å². The Morgan fingerprint density at radius 2 is 1.95 bits per heavy atom. The Hall–Kier alpha value is -0.480. The maximum absolute atomic E-state index is 11.7. The lowest BCUT2D eigenvalue weighted by Gasteiger charge is -2.15. The van der Waals surface area contributed by atoms with E-state index in [0.717, 1.165) is 5.56 Å². The summed E-state index contributed by atoms with van der Waals surface area (Å²) in [5.41, 5.74) is 6.54. The van der Waals surface area contributed by atoms with Crippen LogP contribution < -0.4 is 11.1 Å². The second-order valence-electron chi connectivity index (χ2n) is 4.48. The molecule has 1 aromatic carbocycles. The van der Waals surface area contributed by atoms with Crippen LogP contribution >= 0.6 is 35.6 Å². The maximum Gasteiger partial charge on any atom is 0.220 e. The molecule has 0 heterocycles. The fourth-order valence-corrected chi connectivity index (χ4v) is 1.84. The molecule has 19 heavy (non-hydrogen) atoms. The molecule has 0 fully saturated rings. The molecule has 2 unspecified atom stereocenters. The molecular weight excluding hydrogens is 307 g/mol. The Labute approximate surface area is 130 Å². The smallest absolute Gasteiger partial charge is 0.220 e. The van der Waals surface area contributed by atoms with Crippen LogP contribution in [0.3, 0.4) is 0 Å². The predicted octanol–water partition coefficient (Wildman–Crippen LogP) is 3.72. The van der Waals surface area contributed by atoms with Crippen molar-refractivity contribution in [3.05, 3.63) is 33.8 Å². The number of hydrogen-bond donors (Lipinski definition) is 2. The zero-order valence-electron chi connectivity index (χ0n) is 11.0. The summed E-state index contributed by atoms with van der Waals surface area (Å²) in [7, 11) is 0.